The Balaban J connectivity index is 2.05. The Bertz CT molecular complexity index is 751. The van der Waals surface area contributed by atoms with Crippen LogP contribution >= 0.6 is 11.8 Å². The van der Waals surface area contributed by atoms with Crippen molar-refractivity contribution in [3.05, 3.63) is 60.2 Å². The second-order valence-corrected chi connectivity index (χ2v) is 6.61. The van der Waals surface area contributed by atoms with Crippen molar-refractivity contribution in [2.24, 2.45) is 5.73 Å². The highest BCUT2D eigenvalue weighted by Gasteiger charge is 2.42. The Kier molecular flexibility index (Phi) is 4.87. The number of carboxylic acid groups (broad SMARTS) is 1. The highest BCUT2D eigenvalue weighted by molar-refractivity contribution is 7.99. The lowest BCUT2D eigenvalue weighted by molar-refractivity contribution is -0.148. The molecule has 0 aromatic heterocycles. The molecule has 3 rings (SSSR count). The summed E-state index contributed by atoms with van der Waals surface area (Å²) < 4.78 is 0. The highest BCUT2D eigenvalue weighted by atomic mass is 32.2. The van der Waals surface area contributed by atoms with Gasteiger partial charge in [0, 0.05) is 5.75 Å². The van der Waals surface area contributed by atoms with Gasteiger partial charge in [-0.15, -0.1) is 11.8 Å². The van der Waals surface area contributed by atoms with Crippen molar-refractivity contribution < 1.29 is 14.7 Å². The molecule has 1 amide bonds. The highest BCUT2D eigenvalue weighted by Crippen LogP contribution is 2.44. The van der Waals surface area contributed by atoms with Crippen molar-refractivity contribution in [1.82, 2.24) is 4.90 Å². The van der Waals surface area contributed by atoms with Gasteiger partial charge in [-0.05, 0) is 16.7 Å². The van der Waals surface area contributed by atoms with Gasteiger partial charge in [-0.3, -0.25) is 4.79 Å². The smallest absolute Gasteiger partial charge is 0.327 e. The maximum absolute atomic E-state index is 12.3. The van der Waals surface area contributed by atoms with Crippen LogP contribution in [0.1, 0.15) is 10.9 Å². The number of nitrogens with two attached hydrogens (primary N) is 1. The van der Waals surface area contributed by atoms with E-state index in [1.807, 2.05) is 54.6 Å². The summed E-state index contributed by atoms with van der Waals surface area (Å²) in [6.45, 7) is -0.200. The lowest BCUT2D eigenvalue weighted by atomic mass is 9.99. The molecule has 1 heterocycles. The predicted molar refractivity (Wildman–Crippen MR) is 94.4 cm³/mol. The third-order valence-corrected chi connectivity index (χ3v) is 5.36. The molecule has 6 heteroatoms. The molecular formula is C18H18N2O3S. The summed E-state index contributed by atoms with van der Waals surface area (Å²) in [5.74, 6) is -0.987. The summed E-state index contributed by atoms with van der Waals surface area (Å²) in [5, 5.41) is 9.08. The number of rotatable bonds is 4. The van der Waals surface area contributed by atoms with Crippen LogP contribution in [0.2, 0.25) is 0 Å². The molecule has 1 aliphatic heterocycles. The van der Waals surface area contributed by atoms with Gasteiger partial charge in [-0.2, -0.15) is 0 Å². The predicted octanol–water partition coefficient (Wildman–Crippen LogP) is 2.34. The minimum atomic E-state index is -0.996. The topological polar surface area (TPSA) is 83.6 Å². The van der Waals surface area contributed by atoms with Gasteiger partial charge in [0.2, 0.25) is 5.91 Å². The lowest BCUT2D eigenvalue weighted by Gasteiger charge is -2.28. The molecule has 0 bridgehead atoms. The first-order chi connectivity index (χ1) is 11.6. The molecule has 5 nitrogen and oxygen atoms in total. The first-order valence-corrected chi connectivity index (χ1v) is 8.68. The van der Waals surface area contributed by atoms with Crippen LogP contribution in [0.3, 0.4) is 0 Å². The van der Waals surface area contributed by atoms with Gasteiger partial charge >= 0.3 is 5.97 Å². The summed E-state index contributed by atoms with van der Waals surface area (Å²) >= 11 is 1.46. The molecule has 1 aliphatic rings. The van der Waals surface area contributed by atoms with E-state index in [0.29, 0.717) is 5.75 Å². The fourth-order valence-corrected chi connectivity index (χ4v) is 4.42. The molecule has 0 radical (unpaired) electrons. The van der Waals surface area contributed by atoms with Gasteiger partial charge in [0.05, 0.1) is 6.54 Å². The van der Waals surface area contributed by atoms with Crippen LogP contribution in [-0.4, -0.2) is 40.2 Å². The van der Waals surface area contributed by atoms with E-state index in [1.54, 1.807) is 0 Å². The van der Waals surface area contributed by atoms with Gasteiger partial charge < -0.3 is 15.7 Å². The summed E-state index contributed by atoms with van der Waals surface area (Å²) in [6.07, 6.45) is 0. The fourth-order valence-electron chi connectivity index (χ4n) is 2.94. The van der Waals surface area contributed by atoms with E-state index in [4.69, 9.17) is 5.73 Å². The van der Waals surface area contributed by atoms with Crippen LogP contribution in [0.25, 0.3) is 11.1 Å². The maximum Gasteiger partial charge on any atom is 0.327 e. The first-order valence-electron chi connectivity index (χ1n) is 7.63. The van der Waals surface area contributed by atoms with Crippen molar-refractivity contribution in [3.63, 3.8) is 0 Å². The average molecular weight is 342 g/mol. The summed E-state index contributed by atoms with van der Waals surface area (Å²) in [6, 6.07) is 16.8. The molecule has 2 aromatic carbocycles. The van der Waals surface area contributed by atoms with E-state index in [2.05, 4.69) is 0 Å². The summed E-state index contributed by atoms with van der Waals surface area (Å²) in [5.41, 5.74) is 8.47. The van der Waals surface area contributed by atoms with Crippen LogP contribution in [0.15, 0.2) is 54.6 Å². The molecule has 124 valence electrons. The molecule has 0 aliphatic carbocycles. The molecule has 0 saturated carbocycles. The second-order valence-electron chi connectivity index (χ2n) is 5.50. The number of nitrogens with zero attached hydrogens (tertiary/aromatic N) is 1. The number of thioether (sulfide) groups is 1. The zero-order valence-corrected chi connectivity index (χ0v) is 13.8. The minimum absolute atomic E-state index is 0.200. The van der Waals surface area contributed by atoms with Crippen LogP contribution in [-0.2, 0) is 9.59 Å². The Morgan fingerprint density at radius 3 is 2.46 bits per heavy atom. The summed E-state index contributed by atoms with van der Waals surface area (Å²) in [4.78, 5) is 25.2. The maximum atomic E-state index is 12.3. The van der Waals surface area contributed by atoms with Crippen molar-refractivity contribution in [3.8, 4) is 11.1 Å². The molecule has 0 unspecified atom stereocenters. The average Bonchev–Trinajstić information content (AvgIpc) is 3.07. The van der Waals surface area contributed by atoms with Crippen LogP contribution < -0.4 is 5.73 Å². The lowest BCUT2D eigenvalue weighted by Crippen LogP contribution is -2.45. The van der Waals surface area contributed by atoms with Gasteiger partial charge in [0.15, 0.2) is 0 Å². The SMILES string of the molecule is NCC(=O)N1[C@@H](c2ccccc2-c2ccccc2)SC[C@H]1C(=O)O. The summed E-state index contributed by atoms with van der Waals surface area (Å²) in [7, 11) is 0. The van der Waals surface area contributed by atoms with Crippen molar-refractivity contribution >= 4 is 23.6 Å². The van der Waals surface area contributed by atoms with Crippen molar-refractivity contribution in [2.45, 2.75) is 11.4 Å². The van der Waals surface area contributed by atoms with Gasteiger partial charge in [0.1, 0.15) is 11.4 Å². The quantitative estimate of drug-likeness (QED) is 0.891. The van der Waals surface area contributed by atoms with Crippen LogP contribution in [0, 0.1) is 0 Å². The number of carbonyl (C=O) groups excluding carboxylic acids is 1. The Morgan fingerprint density at radius 1 is 1.12 bits per heavy atom. The normalized spacial score (nSPS) is 20.1. The molecular weight excluding hydrogens is 324 g/mol. The van der Waals surface area contributed by atoms with E-state index in [9.17, 15) is 14.7 Å². The van der Waals surface area contributed by atoms with E-state index < -0.39 is 12.0 Å². The van der Waals surface area contributed by atoms with E-state index in [0.717, 1.165) is 16.7 Å². The number of hydrogen-bond donors (Lipinski definition) is 2. The van der Waals surface area contributed by atoms with E-state index in [1.165, 1.54) is 16.7 Å². The number of benzene rings is 2. The number of carboxylic acids is 1. The van der Waals surface area contributed by atoms with Gasteiger partial charge in [-0.25, -0.2) is 4.79 Å². The zero-order valence-electron chi connectivity index (χ0n) is 13.0. The van der Waals surface area contributed by atoms with E-state index in [-0.39, 0.29) is 17.8 Å². The first kappa shape index (κ1) is 16.5. The number of amides is 1. The Morgan fingerprint density at radius 2 is 1.79 bits per heavy atom. The standard InChI is InChI=1S/C18H18N2O3S/c19-10-16(21)20-15(18(22)23)11-24-17(20)14-9-5-4-8-13(14)12-6-2-1-3-7-12/h1-9,15,17H,10-11,19H2,(H,22,23)/t15-,17+/m0/s1. The molecule has 2 atom stereocenters. The molecule has 3 N–H and O–H groups in total. The third kappa shape index (κ3) is 3.02. The number of carbonyl (C=O) groups is 2. The van der Waals surface area contributed by atoms with Crippen LogP contribution in [0.4, 0.5) is 0 Å². The molecule has 1 saturated heterocycles. The number of hydrogen-bond acceptors (Lipinski definition) is 4. The molecule has 1 fully saturated rings. The second kappa shape index (κ2) is 7.07. The molecule has 2 aromatic rings. The Hall–Kier alpha value is -2.31. The number of aliphatic carboxylic acids is 1. The largest absolute Gasteiger partial charge is 0.480 e. The van der Waals surface area contributed by atoms with Crippen molar-refractivity contribution in [2.75, 3.05) is 12.3 Å². The fraction of sp³-hybridized carbons (Fsp3) is 0.222. The molecule has 24 heavy (non-hydrogen) atoms. The minimum Gasteiger partial charge on any atom is -0.480 e. The van der Waals surface area contributed by atoms with E-state index >= 15 is 0 Å². The van der Waals surface area contributed by atoms with Gasteiger partial charge in [-0.1, -0.05) is 54.6 Å². The molecule has 0 spiro atoms. The Labute approximate surface area is 144 Å². The zero-order chi connectivity index (χ0) is 17.1. The monoisotopic (exact) mass is 342 g/mol. The third-order valence-electron chi connectivity index (χ3n) is 4.06. The van der Waals surface area contributed by atoms with Crippen LogP contribution in [0.5, 0.6) is 0 Å². The van der Waals surface area contributed by atoms with Gasteiger partial charge in [0.25, 0.3) is 0 Å². The van der Waals surface area contributed by atoms with Crippen molar-refractivity contribution in [1.29, 1.82) is 0 Å².